The number of rotatable bonds is 4. The van der Waals surface area contributed by atoms with Crippen LogP contribution in [0.25, 0.3) is 0 Å². The molecule has 0 amide bonds. The molecule has 3 rings (SSSR count). The molecule has 2 aromatic rings. The molecule has 2 heterocycles. The first-order chi connectivity index (χ1) is 9.74. The van der Waals surface area contributed by atoms with Gasteiger partial charge in [-0.1, -0.05) is 34.1 Å². The van der Waals surface area contributed by atoms with Crippen LogP contribution in [-0.2, 0) is 13.0 Å². The van der Waals surface area contributed by atoms with E-state index in [1.54, 1.807) is 4.88 Å². The number of nitrogens with zero attached hydrogens (tertiary/aromatic N) is 1. The molecule has 2 nitrogen and oxygen atoms in total. The molecule has 20 heavy (non-hydrogen) atoms. The molecule has 0 bridgehead atoms. The molecule has 0 spiro atoms. The van der Waals surface area contributed by atoms with E-state index in [0.717, 1.165) is 30.5 Å². The number of thiophene rings is 1. The first-order valence-corrected chi connectivity index (χ1v) is 8.69. The van der Waals surface area contributed by atoms with Crippen LogP contribution in [0.5, 0.6) is 0 Å². The van der Waals surface area contributed by atoms with Crippen LogP contribution in [0, 0.1) is 0 Å². The summed E-state index contributed by atoms with van der Waals surface area (Å²) in [5, 5.41) is 2.21. The number of halogens is 1. The molecule has 4 heteroatoms. The predicted octanol–water partition coefficient (Wildman–Crippen LogP) is 3.96. The Hall–Kier alpha value is -0.680. The van der Waals surface area contributed by atoms with Crippen LogP contribution >= 0.6 is 27.3 Å². The lowest BCUT2D eigenvalue weighted by Gasteiger charge is -2.28. The quantitative estimate of drug-likeness (QED) is 0.904. The molecule has 1 aromatic carbocycles. The molecule has 1 aromatic heterocycles. The van der Waals surface area contributed by atoms with Gasteiger partial charge in [-0.05, 0) is 41.5 Å². The van der Waals surface area contributed by atoms with Gasteiger partial charge in [0, 0.05) is 35.0 Å². The van der Waals surface area contributed by atoms with E-state index in [-0.39, 0.29) is 6.04 Å². The van der Waals surface area contributed by atoms with Gasteiger partial charge in [0.2, 0.25) is 0 Å². The van der Waals surface area contributed by atoms with Gasteiger partial charge in [0.15, 0.2) is 0 Å². The van der Waals surface area contributed by atoms with Crippen molar-refractivity contribution in [1.29, 1.82) is 0 Å². The zero-order chi connectivity index (χ0) is 13.9. The Balaban J connectivity index is 1.57. The maximum Gasteiger partial charge on any atom is 0.0318 e. The first kappa shape index (κ1) is 14.3. The fourth-order valence-corrected chi connectivity index (χ4v) is 4.22. The van der Waals surface area contributed by atoms with Crippen molar-refractivity contribution in [2.45, 2.75) is 25.4 Å². The van der Waals surface area contributed by atoms with E-state index in [1.807, 2.05) is 17.4 Å². The van der Waals surface area contributed by atoms with E-state index in [4.69, 9.17) is 5.73 Å². The van der Waals surface area contributed by atoms with E-state index in [9.17, 15) is 0 Å². The number of hydrogen-bond donors (Lipinski definition) is 1. The van der Waals surface area contributed by atoms with Crippen LogP contribution < -0.4 is 5.73 Å². The summed E-state index contributed by atoms with van der Waals surface area (Å²) in [4.78, 5) is 4.09. The third kappa shape index (κ3) is 3.14. The van der Waals surface area contributed by atoms with Crippen LogP contribution in [0.1, 0.15) is 28.5 Å². The average molecular weight is 351 g/mol. The summed E-state index contributed by atoms with van der Waals surface area (Å²) in [5.41, 5.74) is 9.05. The lowest BCUT2D eigenvalue weighted by molar-refractivity contribution is 0.246. The maximum atomic E-state index is 6.33. The molecule has 1 atom stereocenters. The Labute approximate surface area is 132 Å². The van der Waals surface area contributed by atoms with Crippen molar-refractivity contribution in [2.24, 2.45) is 5.73 Å². The Kier molecular flexibility index (Phi) is 4.56. The molecule has 1 aliphatic heterocycles. The van der Waals surface area contributed by atoms with E-state index in [2.05, 4.69) is 50.5 Å². The summed E-state index contributed by atoms with van der Waals surface area (Å²) >= 11 is 5.48. The highest BCUT2D eigenvalue weighted by Gasteiger charge is 2.18. The zero-order valence-corrected chi connectivity index (χ0v) is 13.8. The molecule has 1 unspecified atom stereocenters. The Bertz CT molecular complexity index is 581. The molecule has 0 aliphatic carbocycles. The minimum absolute atomic E-state index is 0.106. The van der Waals surface area contributed by atoms with Crippen molar-refractivity contribution < 1.29 is 0 Å². The second kappa shape index (κ2) is 6.39. The SMILES string of the molecule is NC(CCN1CCc2sccc2C1)c1ccccc1Br. The monoisotopic (exact) mass is 350 g/mol. The fourth-order valence-electron chi connectivity index (χ4n) is 2.75. The van der Waals surface area contributed by atoms with Gasteiger partial charge < -0.3 is 5.73 Å². The van der Waals surface area contributed by atoms with Gasteiger partial charge in [-0.15, -0.1) is 11.3 Å². The van der Waals surface area contributed by atoms with Crippen LogP contribution in [-0.4, -0.2) is 18.0 Å². The molecule has 0 saturated heterocycles. The van der Waals surface area contributed by atoms with Gasteiger partial charge in [-0.3, -0.25) is 4.90 Å². The first-order valence-electron chi connectivity index (χ1n) is 7.01. The maximum absolute atomic E-state index is 6.33. The van der Waals surface area contributed by atoms with Crippen molar-refractivity contribution in [2.75, 3.05) is 13.1 Å². The minimum atomic E-state index is 0.106. The summed E-state index contributed by atoms with van der Waals surface area (Å²) < 4.78 is 1.12. The summed E-state index contributed by atoms with van der Waals surface area (Å²) in [6.45, 7) is 3.31. The molecule has 0 radical (unpaired) electrons. The number of nitrogens with two attached hydrogens (primary N) is 1. The van der Waals surface area contributed by atoms with Gasteiger partial charge in [-0.25, -0.2) is 0 Å². The third-order valence-electron chi connectivity index (χ3n) is 3.95. The average Bonchev–Trinajstić information content (AvgIpc) is 2.92. The largest absolute Gasteiger partial charge is 0.324 e. The highest BCUT2D eigenvalue weighted by molar-refractivity contribution is 9.10. The van der Waals surface area contributed by atoms with Gasteiger partial charge in [0.25, 0.3) is 0 Å². The standard InChI is InChI=1S/C16H19BrN2S/c17-14-4-2-1-3-13(14)15(18)5-8-19-9-6-16-12(11-19)7-10-20-16/h1-4,7,10,15H,5-6,8-9,11,18H2. The van der Waals surface area contributed by atoms with Crippen molar-refractivity contribution in [3.05, 3.63) is 56.2 Å². The molecular formula is C16H19BrN2S. The highest BCUT2D eigenvalue weighted by Crippen LogP contribution is 2.26. The number of hydrogen-bond acceptors (Lipinski definition) is 3. The van der Waals surface area contributed by atoms with E-state index >= 15 is 0 Å². The Morgan fingerprint density at radius 1 is 1.30 bits per heavy atom. The fraction of sp³-hybridized carbons (Fsp3) is 0.375. The number of benzene rings is 1. The third-order valence-corrected chi connectivity index (χ3v) is 5.69. The van der Waals surface area contributed by atoms with Crippen LogP contribution in [0.3, 0.4) is 0 Å². The van der Waals surface area contributed by atoms with Crippen molar-refractivity contribution in [3.8, 4) is 0 Å². The second-order valence-corrected chi connectivity index (χ2v) is 7.17. The van der Waals surface area contributed by atoms with E-state index < -0.39 is 0 Å². The van der Waals surface area contributed by atoms with Gasteiger partial charge >= 0.3 is 0 Å². The van der Waals surface area contributed by atoms with Gasteiger partial charge in [0.1, 0.15) is 0 Å². The minimum Gasteiger partial charge on any atom is -0.324 e. The summed E-state index contributed by atoms with van der Waals surface area (Å²) in [5.74, 6) is 0. The second-order valence-electron chi connectivity index (χ2n) is 5.31. The Morgan fingerprint density at radius 3 is 3.00 bits per heavy atom. The molecule has 2 N–H and O–H groups in total. The summed E-state index contributed by atoms with van der Waals surface area (Å²) in [7, 11) is 0. The van der Waals surface area contributed by atoms with Gasteiger partial charge in [-0.2, -0.15) is 0 Å². The van der Waals surface area contributed by atoms with Crippen LogP contribution in [0.2, 0.25) is 0 Å². The van der Waals surface area contributed by atoms with Crippen LogP contribution in [0.15, 0.2) is 40.2 Å². The lowest BCUT2D eigenvalue weighted by atomic mass is 10.0. The summed E-state index contributed by atoms with van der Waals surface area (Å²) in [6.07, 6.45) is 2.19. The van der Waals surface area contributed by atoms with Crippen LogP contribution in [0.4, 0.5) is 0 Å². The summed E-state index contributed by atoms with van der Waals surface area (Å²) in [6, 6.07) is 10.6. The predicted molar refractivity (Wildman–Crippen MR) is 89.0 cm³/mol. The highest BCUT2D eigenvalue weighted by atomic mass is 79.9. The van der Waals surface area contributed by atoms with E-state index in [0.29, 0.717) is 0 Å². The molecule has 106 valence electrons. The smallest absolute Gasteiger partial charge is 0.0318 e. The molecule has 0 saturated carbocycles. The normalized spacial score (nSPS) is 16.9. The zero-order valence-electron chi connectivity index (χ0n) is 11.4. The van der Waals surface area contributed by atoms with Crippen molar-refractivity contribution >= 4 is 27.3 Å². The van der Waals surface area contributed by atoms with Crippen molar-refractivity contribution in [3.63, 3.8) is 0 Å². The number of fused-ring (bicyclic) bond motifs is 1. The van der Waals surface area contributed by atoms with Gasteiger partial charge in [0.05, 0.1) is 0 Å². The molecule has 0 fully saturated rings. The topological polar surface area (TPSA) is 29.3 Å². The van der Waals surface area contributed by atoms with E-state index in [1.165, 1.54) is 17.5 Å². The lowest BCUT2D eigenvalue weighted by Crippen LogP contribution is -2.32. The Morgan fingerprint density at radius 2 is 2.15 bits per heavy atom. The molecular weight excluding hydrogens is 332 g/mol. The van der Waals surface area contributed by atoms with Crippen molar-refractivity contribution in [1.82, 2.24) is 4.90 Å². The molecule has 1 aliphatic rings.